The molecule has 0 radical (unpaired) electrons. The van der Waals surface area contributed by atoms with Crippen LogP contribution in [0.5, 0.6) is 5.75 Å². The molecule has 0 atom stereocenters. The molecule has 0 saturated carbocycles. The second-order valence-electron chi connectivity index (χ2n) is 4.49. The molecule has 0 N–H and O–H groups in total. The van der Waals surface area contributed by atoms with E-state index in [2.05, 4.69) is 15.4 Å². The molecule has 3 rings (SSSR count). The Hall–Kier alpha value is -2.11. The molecule has 112 valence electrons. The Labute approximate surface area is 137 Å². The highest BCUT2D eigenvalue weighted by Crippen LogP contribution is 2.23. The lowest BCUT2D eigenvalue weighted by Gasteiger charge is -2.06. The van der Waals surface area contributed by atoms with Crippen molar-refractivity contribution in [1.29, 1.82) is 0 Å². The summed E-state index contributed by atoms with van der Waals surface area (Å²) in [7, 11) is 0. The van der Waals surface area contributed by atoms with Gasteiger partial charge in [-0.1, -0.05) is 35.3 Å². The maximum Gasteiger partial charge on any atom is 0.204 e. The van der Waals surface area contributed by atoms with E-state index in [1.54, 1.807) is 18.2 Å². The Balaban J connectivity index is 1.60. The fourth-order valence-corrected chi connectivity index (χ4v) is 2.17. The molecule has 0 fully saturated rings. The molecule has 22 heavy (non-hydrogen) atoms. The number of halogens is 2. The normalized spacial score (nSPS) is 10.6. The van der Waals surface area contributed by atoms with Crippen molar-refractivity contribution in [2.24, 2.45) is 0 Å². The van der Waals surface area contributed by atoms with Gasteiger partial charge in [-0.05, 0) is 41.6 Å². The van der Waals surface area contributed by atoms with E-state index in [0.717, 1.165) is 5.56 Å². The van der Waals surface area contributed by atoms with Crippen LogP contribution in [0.4, 0.5) is 0 Å². The maximum absolute atomic E-state index is 6.02. The molecule has 0 aliphatic rings. The van der Waals surface area contributed by atoms with Crippen molar-refractivity contribution in [2.45, 2.75) is 6.54 Å². The molecule has 2 aromatic carbocycles. The number of hydrogen-bond donors (Lipinski definition) is 0. The lowest BCUT2D eigenvalue weighted by atomic mass is 10.2. The van der Waals surface area contributed by atoms with Gasteiger partial charge in [0, 0.05) is 10.6 Å². The molecule has 0 unspecified atom stereocenters. The summed E-state index contributed by atoms with van der Waals surface area (Å²) in [4.78, 5) is 1.49. The topological polar surface area (TPSA) is 52.8 Å². The Morgan fingerprint density at radius 3 is 2.55 bits per heavy atom. The summed E-state index contributed by atoms with van der Waals surface area (Å²) in [6, 6.07) is 14.6. The number of ether oxygens (including phenoxy) is 1. The van der Waals surface area contributed by atoms with Crippen molar-refractivity contribution in [3.05, 3.63) is 58.6 Å². The Morgan fingerprint density at radius 1 is 1.00 bits per heavy atom. The minimum Gasteiger partial charge on any atom is -0.490 e. The molecule has 5 nitrogen and oxygen atoms in total. The molecule has 0 amide bonds. The summed E-state index contributed by atoms with van der Waals surface area (Å²) in [5, 5.41) is 13.6. The van der Waals surface area contributed by atoms with Gasteiger partial charge >= 0.3 is 0 Å². The van der Waals surface area contributed by atoms with Gasteiger partial charge < -0.3 is 4.74 Å². The van der Waals surface area contributed by atoms with E-state index in [1.165, 1.54) is 4.80 Å². The van der Waals surface area contributed by atoms with E-state index < -0.39 is 0 Å². The van der Waals surface area contributed by atoms with E-state index in [0.29, 0.717) is 34.8 Å². The van der Waals surface area contributed by atoms with Crippen LogP contribution in [0.3, 0.4) is 0 Å². The van der Waals surface area contributed by atoms with Gasteiger partial charge in [-0.25, -0.2) is 0 Å². The zero-order valence-corrected chi connectivity index (χ0v) is 13.0. The van der Waals surface area contributed by atoms with Crippen LogP contribution in [-0.4, -0.2) is 26.8 Å². The average Bonchev–Trinajstić information content (AvgIpc) is 2.99. The number of aromatic nitrogens is 4. The fourth-order valence-electron chi connectivity index (χ4n) is 1.85. The highest BCUT2D eigenvalue weighted by atomic mass is 35.5. The van der Waals surface area contributed by atoms with Gasteiger partial charge in [-0.15, -0.1) is 10.2 Å². The van der Waals surface area contributed by atoms with Crippen LogP contribution in [0.15, 0.2) is 48.5 Å². The van der Waals surface area contributed by atoms with E-state index in [-0.39, 0.29) is 0 Å². The first-order valence-corrected chi connectivity index (χ1v) is 7.39. The Bertz CT molecular complexity index is 758. The van der Waals surface area contributed by atoms with E-state index in [4.69, 9.17) is 27.9 Å². The number of rotatable bonds is 5. The molecule has 1 heterocycles. The van der Waals surface area contributed by atoms with E-state index >= 15 is 0 Å². The smallest absolute Gasteiger partial charge is 0.204 e. The first-order chi connectivity index (χ1) is 10.7. The van der Waals surface area contributed by atoms with Crippen molar-refractivity contribution < 1.29 is 4.74 Å². The van der Waals surface area contributed by atoms with E-state index in [9.17, 15) is 0 Å². The fraction of sp³-hybridized carbons (Fsp3) is 0.133. The third-order valence-electron chi connectivity index (χ3n) is 2.94. The van der Waals surface area contributed by atoms with Crippen LogP contribution in [0, 0.1) is 0 Å². The summed E-state index contributed by atoms with van der Waals surface area (Å²) in [6.07, 6.45) is 0. The first-order valence-electron chi connectivity index (χ1n) is 6.63. The SMILES string of the molecule is Clc1ccc(-c2nnn(CCOc3ccccc3Cl)n2)cc1. The number of nitrogens with zero attached hydrogens (tertiary/aromatic N) is 4. The highest BCUT2D eigenvalue weighted by molar-refractivity contribution is 6.32. The average molecular weight is 335 g/mol. The predicted molar refractivity (Wildman–Crippen MR) is 85.2 cm³/mol. The largest absolute Gasteiger partial charge is 0.490 e. The lowest BCUT2D eigenvalue weighted by molar-refractivity contribution is 0.280. The third kappa shape index (κ3) is 3.55. The van der Waals surface area contributed by atoms with Crippen LogP contribution >= 0.6 is 23.2 Å². The van der Waals surface area contributed by atoms with Gasteiger partial charge in [0.15, 0.2) is 0 Å². The summed E-state index contributed by atoms with van der Waals surface area (Å²) < 4.78 is 5.59. The molecular formula is C15H12Cl2N4O. The molecule has 3 aromatic rings. The maximum atomic E-state index is 6.02. The van der Waals surface area contributed by atoms with Gasteiger partial charge in [0.05, 0.1) is 11.6 Å². The second-order valence-corrected chi connectivity index (χ2v) is 5.34. The summed E-state index contributed by atoms with van der Waals surface area (Å²) >= 11 is 11.9. The molecule has 0 aliphatic heterocycles. The van der Waals surface area contributed by atoms with Crippen molar-refractivity contribution in [3.63, 3.8) is 0 Å². The van der Waals surface area contributed by atoms with Crippen LogP contribution in [-0.2, 0) is 6.54 Å². The zero-order valence-electron chi connectivity index (χ0n) is 11.5. The summed E-state index contributed by atoms with van der Waals surface area (Å²) in [6.45, 7) is 0.881. The standard InChI is InChI=1S/C15H12Cl2N4O/c16-12-7-5-11(6-8-12)15-18-20-21(19-15)9-10-22-14-4-2-1-3-13(14)17/h1-8H,9-10H2. The molecule has 0 saturated heterocycles. The minimum absolute atomic E-state index is 0.403. The molecule has 0 bridgehead atoms. The Kier molecular flexibility index (Phi) is 4.56. The van der Waals surface area contributed by atoms with Gasteiger partial charge in [0.25, 0.3) is 0 Å². The lowest BCUT2D eigenvalue weighted by Crippen LogP contribution is -2.11. The third-order valence-corrected chi connectivity index (χ3v) is 3.50. The van der Waals surface area contributed by atoms with Gasteiger partial charge in [-0.3, -0.25) is 0 Å². The molecule has 0 aliphatic carbocycles. The van der Waals surface area contributed by atoms with Crippen molar-refractivity contribution in [2.75, 3.05) is 6.61 Å². The van der Waals surface area contributed by atoms with Crippen LogP contribution in [0.1, 0.15) is 0 Å². The quantitative estimate of drug-likeness (QED) is 0.713. The molecule has 1 aromatic heterocycles. The number of tetrazole rings is 1. The second kappa shape index (κ2) is 6.77. The van der Waals surface area contributed by atoms with Crippen LogP contribution < -0.4 is 4.74 Å². The number of hydrogen-bond acceptors (Lipinski definition) is 4. The minimum atomic E-state index is 0.403. The molecule has 0 spiro atoms. The number of para-hydroxylation sites is 1. The predicted octanol–water partition coefficient (Wildman–Crippen LogP) is 3.73. The zero-order chi connectivity index (χ0) is 15.4. The van der Waals surface area contributed by atoms with Crippen LogP contribution in [0.25, 0.3) is 11.4 Å². The monoisotopic (exact) mass is 334 g/mol. The first kappa shape index (κ1) is 14.8. The molecule has 7 heteroatoms. The van der Waals surface area contributed by atoms with E-state index in [1.807, 2.05) is 30.3 Å². The summed E-state index contributed by atoms with van der Waals surface area (Å²) in [5.41, 5.74) is 0.864. The van der Waals surface area contributed by atoms with Crippen molar-refractivity contribution >= 4 is 23.2 Å². The van der Waals surface area contributed by atoms with Gasteiger partial charge in [0.1, 0.15) is 12.4 Å². The molecular weight excluding hydrogens is 323 g/mol. The highest BCUT2D eigenvalue weighted by Gasteiger charge is 2.06. The number of benzene rings is 2. The van der Waals surface area contributed by atoms with Gasteiger partial charge in [-0.2, -0.15) is 4.80 Å². The van der Waals surface area contributed by atoms with Crippen LogP contribution in [0.2, 0.25) is 10.0 Å². The van der Waals surface area contributed by atoms with Gasteiger partial charge in [0.2, 0.25) is 5.82 Å². The van der Waals surface area contributed by atoms with Crippen molar-refractivity contribution in [1.82, 2.24) is 20.2 Å². The Morgan fingerprint density at radius 2 is 1.77 bits per heavy atom. The summed E-state index contributed by atoms with van der Waals surface area (Å²) in [5.74, 6) is 1.19. The van der Waals surface area contributed by atoms with Crippen molar-refractivity contribution in [3.8, 4) is 17.1 Å².